The lowest BCUT2D eigenvalue weighted by molar-refractivity contribution is 0.255. The van der Waals surface area contributed by atoms with E-state index < -0.39 is 0 Å². The molecule has 2 bridgehead atoms. The fraction of sp³-hybridized carbons (Fsp3) is 0.545. The number of fused-ring (bicyclic) bond motifs is 4. The zero-order valence-electron chi connectivity index (χ0n) is 8.74. The molecule has 86 valence electrons. The van der Waals surface area contributed by atoms with E-state index in [1.165, 1.54) is 0 Å². The fourth-order valence-corrected chi connectivity index (χ4v) is 3.14. The molecular formula is C11H13BrN2O2. The second kappa shape index (κ2) is 3.60. The SMILES string of the molecule is O=c1c(Br)c(O)cc2n1CC1CNCC2C1. The molecule has 1 aromatic rings. The molecule has 4 nitrogen and oxygen atoms in total. The number of hydrogen-bond donors (Lipinski definition) is 2. The van der Waals surface area contributed by atoms with Crippen LogP contribution in [-0.4, -0.2) is 22.8 Å². The van der Waals surface area contributed by atoms with Crippen LogP contribution in [0.5, 0.6) is 5.75 Å². The first-order chi connectivity index (χ1) is 7.66. The van der Waals surface area contributed by atoms with Gasteiger partial charge in [-0.15, -0.1) is 0 Å². The molecule has 16 heavy (non-hydrogen) atoms. The molecule has 2 aliphatic rings. The summed E-state index contributed by atoms with van der Waals surface area (Å²) in [6.45, 7) is 2.65. The van der Waals surface area contributed by atoms with Crippen molar-refractivity contribution in [2.75, 3.05) is 13.1 Å². The van der Waals surface area contributed by atoms with Crippen LogP contribution in [0.15, 0.2) is 15.3 Å². The summed E-state index contributed by atoms with van der Waals surface area (Å²) >= 11 is 3.14. The molecule has 3 rings (SSSR count). The van der Waals surface area contributed by atoms with Crippen molar-refractivity contribution >= 4 is 15.9 Å². The van der Waals surface area contributed by atoms with Crippen LogP contribution in [0.3, 0.4) is 0 Å². The smallest absolute Gasteiger partial charge is 0.268 e. The minimum absolute atomic E-state index is 0.0558. The number of aromatic nitrogens is 1. The number of nitrogens with one attached hydrogen (secondary N) is 1. The molecule has 0 amide bonds. The Morgan fingerprint density at radius 3 is 3.12 bits per heavy atom. The molecule has 0 spiro atoms. The van der Waals surface area contributed by atoms with Gasteiger partial charge in [0.05, 0.1) is 0 Å². The average molecular weight is 285 g/mol. The van der Waals surface area contributed by atoms with E-state index in [1.807, 2.05) is 4.57 Å². The maximum absolute atomic E-state index is 12.0. The minimum atomic E-state index is -0.105. The lowest BCUT2D eigenvalue weighted by Crippen LogP contribution is -2.45. The summed E-state index contributed by atoms with van der Waals surface area (Å²) in [7, 11) is 0. The van der Waals surface area contributed by atoms with Gasteiger partial charge < -0.3 is 15.0 Å². The Labute approximate surface area is 101 Å². The molecule has 1 saturated heterocycles. The van der Waals surface area contributed by atoms with E-state index in [0.29, 0.717) is 11.8 Å². The predicted molar refractivity (Wildman–Crippen MR) is 63.8 cm³/mol. The normalized spacial score (nSPS) is 27.6. The summed E-state index contributed by atoms with van der Waals surface area (Å²) < 4.78 is 2.09. The minimum Gasteiger partial charge on any atom is -0.506 e. The van der Waals surface area contributed by atoms with Crippen LogP contribution >= 0.6 is 15.9 Å². The molecule has 2 aliphatic heterocycles. The monoisotopic (exact) mass is 284 g/mol. The third kappa shape index (κ3) is 1.42. The second-order valence-electron chi connectivity index (χ2n) is 4.64. The first-order valence-electron chi connectivity index (χ1n) is 5.49. The Morgan fingerprint density at radius 1 is 1.50 bits per heavy atom. The number of hydrogen-bond acceptors (Lipinski definition) is 3. The molecule has 0 aromatic carbocycles. The van der Waals surface area contributed by atoms with Crippen LogP contribution in [-0.2, 0) is 6.54 Å². The first-order valence-corrected chi connectivity index (χ1v) is 6.29. The van der Waals surface area contributed by atoms with Crippen molar-refractivity contribution in [3.8, 4) is 5.75 Å². The van der Waals surface area contributed by atoms with E-state index in [9.17, 15) is 9.90 Å². The van der Waals surface area contributed by atoms with Gasteiger partial charge in [0.2, 0.25) is 0 Å². The van der Waals surface area contributed by atoms with Gasteiger partial charge in [-0.3, -0.25) is 4.79 Å². The van der Waals surface area contributed by atoms with Gasteiger partial charge >= 0.3 is 0 Å². The third-order valence-corrected chi connectivity index (χ3v) is 4.30. The molecule has 5 heteroatoms. The molecule has 1 fully saturated rings. The summed E-state index contributed by atoms with van der Waals surface area (Å²) in [5.41, 5.74) is 0.862. The van der Waals surface area contributed by atoms with Crippen LogP contribution < -0.4 is 10.9 Å². The van der Waals surface area contributed by atoms with Crippen LogP contribution in [0.4, 0.5) is 0 Å². The fourth-order valence-electron chi connectivity index (χ4n) is 2.81. The highest BCUT2D eigenvalue weighted by molar-refractivity contribution is 9.10. The Hall–Kier alpha value is -0.810. The average Bonchev–Trinajstić information content (AvgIpc) is 2.29. The van der Waals surface area contributed by atoms with Crippen LogP contribution in [0.1, 0.15) is 18.0 Å². The summed E-state index contributed by atoms with van der Waals surface area (Å²) in [5, 5.41) is 13.0. The summed E-state index contributed by atoms with van der Waals surface area (Å²) in [6.07, 6.45) is 1.12. The Kier molecular flexibility index (Phi) is 2.33. The molecule has 0 radical (unpaired) electrons. The quantitative estimate of drug-likeness (QED) is 0.748. The van der Waals surface area contributed by atoms with E-state index >= 15 is 0 Å². The van der Waals surface area contributed by atoms with Gasteiger partial charge in [0.1, 0.15) is 10.2 Å². The maximum atomic E-state index is 12.0. The van der Waals surface area contributed by atoms with Gasteiger partial charge in [0, 0.05) is 30.8 Å². The molecule has 2 unspecified atom stereocenters. The molecule has 0 saturated carbocycles. The molecule has 3 heterocycles. The van der Waals surface area contributed by atoms with Crippen molar-refractivity contribution in [1.82, 2.24) is 9.88 Å². The third-order valence-electron chi connectivity index (χ3n) is 3.55. The zero-order chi connectivity index (χ0) is 11.3. The van der Waals surface area contributed by atoms with Crippen molar-refractivity contribution in [3.05, 3.63) is 26.6 Å². The topological polar surface area (TPSA) is 54.3 Å². The maximum Gasteiger partial charge on any atom is 0.268 e. The van der Waals surface area contributed by atoms with E-state index in [2.05, 4.69) is 21.2 Å². The van der Waals surface area contributed by atoms with Gasteiger partial charge in [-0.1, -0.05) is 0 Å². The van der Waals surface area contributed by atoms with E-state index in [1.54, 1.807) is 6.07 Å². The second-order valence-corrected chi connectivity index (χ2v) is 5.43. The van der Waals surface area contributed by atoms with Gasteiger partial charge in [-0.2, -0.15) is 0 Å². The molecular weight excluding hydrogens is 272 g/mol. The van der Waals surface area contributed by atoms with E-state index in [0.717, 1.165) is 31.7 Å². The summed E-state index contributed by atoms with van der Waals surface area (Å²) in [5.74, 6) is 0.958. The van der Waals surface area contributed by atoms with Crippen molar-refractivity contribution in [3.63, 3.8) is 0 Å². The Balaban J connectivity index is 2.20. The molecule has 2 atom stereocenters. The van der Waals surface area contributed by atoms with E-state index in [4.69, 9.17) is 0 Å². The van der Waals surface area contributed by atoms with Crippen LogP contribution in [0.25, 0.3) is 0 Å². The largest absolute Gasteiger partial charge is 0.506 e. The molecule has 0 aliphatic carbocycles. The lowest BCUT2D eigenvalue weighted by atomic mass is 9.84. The predicted octanol–water partition coefficient (Wildman–Crippen LogP) is 1.02. The molecule has 1 aromatic heterocycles. The Bertz CT molecular complexity index is 497. The summed E-state index contributed by atoms with van der Waals surface area (Å²) in [4.78, 5) is 12.0. The number of aromatic hydroxyl groups is 1. The number of piperidine rings is 1. The van der Waals surface area contributed by atoms with E-state index in [-0.39, 0.29) is 15.8 Å². The zero-order valence-corrected chi connectivity index (χ0v) is 10.3. The number of rotatable bonds is 0. The number of nitrogens with zero attached hydrogens (tertiary/aromatic N) is 1. The highest BCUT2D eigenvalue weighted by atomic mass is 79.9. The highest BCUT2D eigenvalue weighted by Crippen LogP contribution is 2.34. The van der Waals surface area contributed by atoms with Gasteiger partial charge in [0.25, 0.3) is 5.56 Å². The van der Waals surface area contributed by atoms with Crippen molar-refractivity contribution < 1.29 is 5.11 Å². The first kappa shape index (κ1) is 10.4. The molecule has 2 N–H and O–H groups in total. The Morgan fingerprint density at radius 2 is 2.31 bits per heavy atom. The van der Waals surface area contributed by atoms with Crippen molar-refractivity contribution in [1.29, 1.82) is 0 Å². The van der Waals surface area contributed by atoms with Crippen LogP contribution in [0.2, 0.25) is 0 Å². The highest BCUT2D eigenvalue weighted by Gasteiger charge is 2.31. The number of halogens is 1. The van der Waals surface area contributed by atoms with Crippen LogP contribution in [0, 0.1) is 5.92 Å². The van der Waals surface area contributed by atoms with Gasteiger partial charge in [0.15, 0.2) is 0 Å². The van der Waals surface area contributed by atoms with Gasteiger partial charge in [-0.25, -0.2) is 0 Å². The van der Waals surface area contributed by atoms with Crippen molar-refractivity contribution in [2.45, 2.75) is 18.9 Å². The number of pyridine rings is 1. The van der Waals surface area contributed by atoms with Gasteiger partial charge in [-0.05, 0) is 34.8 Å². The lowest BCUT2D eigenvalue weighted by Gasteiger charge is -2.37. The van der Waals surface area contributed by atoms with Crippen molar-refractivity contribution in [2.24, 2.45) is 5.92 Å². The standard InChI is InChI=1S/C11H13BrN2O2/c12-10-9(15)2-8-7-1-6(3-13-4-7)5-14(8)11(10)16/h2,6-7,13,15H,1,3-5H2. The summed E-state index contributed by atoms with van der Waals surface area (Å²) in [6, 6.07) is 1.72.